The second kappa shape index (κ2) is 7.47. The molecule has 1 rings (SSSR count). The Bertz CT molecular complexity index is 489. The molecule has 0 saturated heterocycles. The van der Waals surface area contributed by atoms with Crippen LogP contribution in [0, 0.1) is 6.92 Å². The number of phenolic OH excluding ortho intramolecular Hbond substituents is 1. The number of aryl methyl sites for hydroxylation is 1. The molecule has 2 unspecified atom stereocenters. The number of aliphatic hydroxyl groups excluding tert-OH is 2. The number of rotatable bonds is 5. The summed E-state index contributed by atoms with van der Waals surface area (Å²) in [5.74, 6) is -0.0633. The summed E-state index contributed by atoms with van der Waals surface area (Å²) in [5.41, 5.74) is 0.397. The van der Waals surface area contributed by atoms with Gasteiger partial charge in [0.05, 0.1) is 6.10 Å². The van der Waals surface area contributed by atoms with E-state index in [-0.39, 0.29) is 18.7 Å². The van der Waals surface area contributed by atoms with Crippen LogP contribution in [0.25, 0.3) is 0 Å². The summed E-state index contributed by atoms with van der Waals surface area (Å²) in [5, 5.41) is 32.5. The predicted molar refractivity (Wildman–Crippen MR) is 82.7 cm³/mol. The zero-order chi connectivity index (χ0) is 16.9. The SMILES string of the molecule is Cc1cccc(O)c1C(O)C(O)CCNC(=O)OC(C)(C)C. The number of aliphatic hydroxyl groups is 2. The third-order valence-corrected chi connectivity index (χ3v) is 3.07. The van der Waals surface area contributed by atoms with Crippen molar-refractivity contribution in [1.82, 2.24) is 5.32 Å². The zero-order valence-corrected chi connectivity index (χ0v) is 13.5. The van der Waals surface area contributed by atoms with Crippen molar-refractivity contribution in [3.8, 4) is 5.75 Å². The standard InChI is InChI=1S/C16H25NO5/c1-10-6-5-7-11(18)13(10)14(20)12(19)8-9-17-15(21)22-16(2,3)4/h5-7,12,14,18-20H,8-9H2,1-4H3,(H,17,21). The van der Waals surface area contributed by atoms with Crippen LogP contribution in [-0.4, -0.2) is 39.7 Å². The lowest BCUT2D eigenvalue weighted by Gasteiger charge is -2.22. The van der Waals surface area contributed by atoms with Crippen molar-refractivity contribution in [1.29, 1.82) is 0 Å². The molecule has 6 heteroatoms. The molecule has 1 aromatic rings. The molecular weight excluding hydrogens is 286 g/mol. The second-order valence-corrected chi connectivity index (χ2v) is 6.24. The van der Waals surface area contributed by atoms with Gasteiger partial charge in [0.1, 0.15) is 17.5 Å². The van der Waals surface area contributed by atoms with E-state index in [1.807, 2.05) is 0 Å². The minimum Gasteiger partial charge on any atom is -0.508 e. The highest BCUT2D eigenvalue weighted by molar-refractivity contribution is 5.67. The van der Waals surface area contributed by atoms with Crippen molar-refractivity contribution in [2.75, 3.05) is 6.54 Å². The predicted octanol–water partition coefficient (Wildman–Crippen LogP) is 2.01. The molecule has 0 spiro atoms. The largest absolute Gasteiger partial charge is 0.508 e. The normalized spacial score (nSPS) is 14.3. The van der Waals surface area contributed by atoms with Crippen LogP contribution in [0.1, 0.15) is 44.4 Å². The summed E-state index contributed by atoms with van der Waals surface area (Å²) < 4.78 is 5.07. The number of aromatic hydroxyl groups is 1. The van der Waals surface area contributed by atoms with Gasteiger partial charge in [0.25, 0.3) is 0 Å². The van der Waals surface area contributed by atoms with Gasteiger partial charge in [-0.2, -0.15) is 0 Å². The molecule has 1 aromatic carbocycles. The maximum atomic E-state index is 11.5. The Morgan fingerprint density at radius 2 is 1.95 bits per heavy atom. The topological polar surface area (TPSA) is 99.0 Å². The zero-order valence-electron chi connectivity index (χ0n) is 13.5. The number of nitrogens with one attached hydrogen (secondary N) is 1. The van der Waals surface area contributed by atoms with Gasteiger partial charge in [-0.25, -0.2) is 4.79 Å². The molecule has 6 nitrogen and oxygen atoms in total. The fourth-order valence-electron chi connectivity index (χ4n) is 2.04. The fourth-order valence-corrected chi connectivity index (χ4v) is 2.04. The van der Waals surface area contributed by atoms with Crippen LogP contribution in [0.2, 0.25) is 0 Å². The minimum atomic E-state index is -1.22. The van der Waals surface area contributed by atoms with E-state index < -0.39 is 23.9 Å². The quantitative estimate of drug-likeness (QED) is 0.666. The monoisotopic (exact) mass is 311 g/mol. The summed E-state index contributed by atoms with van der Waals surface area (Å²) in [4.78, 5) is 11.5. The van der Waals surface area contributed by atoms with Gasteiger partial charge in [0, 0.05) is 12.1 Å². The Morgan fingerprint density at radius 1 is 1.32 bits per heavy atom. The highest BCUT2D eigenvalue weighted by Gasteiger charge is 2.23. The van der Waals surface area contributed by atoms with Crippen molar-refractivity contribution in [3.63, 3.8) is 0 Å². The highest BCUT2D eigenvalue weighted by atomic mass is 16.6. The van der Waals surface area contributed by atoms with Crippen molar-refractivity contribution in [2.45, 2.75) is 51.9 Å². The Hall–Kier alpha value is -1.79. The molecule has 0 fully saturated rings. The molecule has 2 atom stereocenters. The first-order valence-electron chi connectivity index (χ1n) is 7.23. The Balaban J connectivity index is 2.52. The first-order chi connectivity index (χ1) is 10.1. The molecule has 0 saturated carbocycles. The van der Waals surface area contributed by atoms with E-state index in [0.29, 0.717) is 11.1 Å². The molecule has 0 radical (unpaired) electrons. The van der Waals surface area contributed by atoms with Gasteiger partial charge in [-0.1, -0.05) is 12.1 Å². The molecule has 0 aliphatic carbocycles. The van der Waals surface area contributed by atoms with E-state index in [0.717, 1.165) is 0 Å². The number of benzene rings is 1. The van der Waals surface area contributed by atoms with Crippen LogP contribution >= 0.6 is 0 Å². The number of hydrogen-bond acceptors (Lipinski definition) is 5. The van der Waals surface area contributed by atoms with Crippen molar-refractivity contribution >= 4 is 6.09 Å². The maximum Gasteiger partial charge on any atom is 0.407 e. The van der Waals surface area contributed by atoms with E-state index in [2.05, 4.69) is 5.32 Å². The number of phenols is 1. The summed E-state index contributed by atoms with van der Waals surface area (Å²) in [7, 11) is 0. The molecule has 0 aliphatic heterocycles. The molecule has 1 amide bonds. The summed E-state index contributed by atoms with van der Waals surface area (Å²) in [6, 6.07) is 4.86. The van der Waals surface area contributed by atoms with Crippen LogP contribution in [0.4, 0.5) is 4.79 Å². The molecule has 0 aliphatic rings. The number of hydrogen-bond donors (Lipinski definition) is 4. The number of alkyl carbamates (subject to hydrolysis) is 1. The number of carbonyl (C=O) groups excluding carboxylic acids is 1. The van der Waals surface area contributed by atoms with Crippen molar-refractivity contribution in [2.24, 2.45) is 0 Å². The summed E-state index contributed by atoms with van der Waals surface area (Å²) in [6.07, 6.45) is -2.77. The van der Waals surface area contributed by atoms with Gasteiger partial charge >= 0.3 is 6.09 Å². The van der Waals surface area contributed by atoms with E-state index in [4.69, 9.17) is 4.74 Å². The molecule has 0 bridgehead atoms. The lowest BCUT2D eigenvalue weighted by atomic mass is 9.97. The second-order valence-electron chi connectivity index (χ2n) is 6.24. The first kappa shape index (κ1) is 18.3. The average Bonchev–Trinajstić information content (AvgIpc) is 2.35. The smallest absolute Gasteiger partial charge is 0.407 e. The Morgan fingerprint density at radius 3 is 2.50 bits per heavy atom. The first-order valence-corrected chi connectivity index (χ1v) is 7.23. The Labute approximate surface area is 130 Å². The average molecular weight is 311 g/mol. The van der Waals surface area contributed by atoms with E-state index in [1.54, 1.807) is 39.8 Å². The van der Waals surface area contributed by atoms with Crippen LogP contribution in [0.3, 0.4) is 0 Å². The third kappa shape index (κ3) is 5.54. The fraction of sp³-hybridized carbons (Fsp3) is 0.562. The van der Waals surface area contributed by atoms with Gasteiger partial charge in [-0.15, -0.1) is 0 Å². The van der Waals surface area contributed by atoms with Gasteiger partial charge < -0.3 is 25.4 Å². The van der Waals surface area contributed by atoms with Crippen molar-refractivity contribution in [3.05, 3.63) is 29.3 Å². The molecule has 0 heterocycles. The molecule has 22 heavy (non-hydrogen) atoms. The van der Waals surface area contributed by atoms with Gasteiger partial charge in [-0.3, -0.25) is 0 Å². The molecule has 0 aromatic heterocycles. The van der Waals surface area contributed by atoms with Crippen LogP contribution in [-0.2, 0) is 4.74 Å². The van der Waals surface area contributed by atoms with Crippen LogP contribution in [0.15, 0.2) is 18.2 Å². The van der Waals surface area contributed by atoms with Gasteiger partial charge in [0.2, 0.25) is 0 Å². The van der Waals surface area contributed by atoms with Gasteiger partial charge in [-0.05, 0) is 45.7 Å². The molecule has 124 valence electrons. The number of amides is 1. The number of carbonyl (C=O) groups is 1. The van der Waals surface area contributed by atoms with Crippen molar-refractivity contribution < 1.29 is 24.9 Å². The van der Waals surface area contributed by atoms with Crippen LogP contribution in [0.5, 0.6) is 5.75 Å². The van der Waals surface area contributed by atoms with E-state index in [9.17, 15) is 20.1 Å². The lowest BCUT2D eigenvalue weighted by molar-refractivity contribution is 0.0107. The van der Waals surface area contributed by atoms with E-state index in [1.165, 1.54) is 6.07 Å². The number of ether oxygens (including phenoxy) is 1. The molecule has 4 N–H and O–H groups in total. The minimum absolute atomic E-state index is 0.0633. The lowest BCUT2D eigenvalue weighted by Crippen LogP contribution is -2.34. The van der Waals surface area contributed by atoms with Crippen LogP contribution < -0.4 is 5.32 Å². The maximum absolute atomic E-state index is 11.5. The summed E-state index contributed by atoms with van der Waals surface area (Å²) in [6.45, 7) is 7.16. The summed E-state index contributed by atoms with van der Waals surface area (Å²) >= 11 is 0. The van der Waals surface area contributed by atoms with Gasteiger partial charge in [0.15, 0.2) is 0 Å². The Kier molecular flexibility index (Phi) is 6.20. The van der Waals surface area contributed by atoms with E-state index >= 15 is 0 Å². The molecular formula is C16H25NO5. The third-order valence-electron chi connectivity index (χ3n) is 3.07. The highest BCUT2D eigenvalue weighted by Crippen LogP contribution is 2.30.